The lowest BCUT2D eigenvalue weighted by Gasteiger charge is -2.15. The lowest BCUT2D eigenvalue weighted by molar-refractivity contribution is 0.217. The number of phenolic OH excluding ortho intramolecular Hbond substituents is 1. The van der Waals surface area contributed by atoms with Crippen LogP contribution in [-0.4, -0.2) is 26.7 Å². The summed E-state index contributed by atoms with van der Waals surface area (Å²) in [4.78, 5) is 14.0. The zero-order valence-electron chi connectivity index (χ0n) is 22.2. The third-order valence-electron chi connectivity index (χ3n) is 7.35. The number of furan rings is 1. The Kier molecular flexibility index (Phi) is 6.84. The van der Waals surface area contributed by atoms with Gasteiger partial charge in [-0.05, 0) is 59.5 Å². The van der Waals surface area contributed by atoms with Gasteiger partial charge in [-0.25, -0.2) is 4.98 Å². The number of benzene rings is 4. The number of aromatic nitrogens is 3. The lowest BCUT2D eigenvalue weighted by Crippen LogP contribution is -2.13. The number of phenols is 1. The number of unbranched alkanes of at least 4 members (excludes halogenated alkanes) is 1. The first-order chi connectivity index (χ1) is 19.1. The van der Waals surface area contributed by atoms with Crippen LogP contribution in [-0.2, 0) is 0 Å². The lowest BCUT2D eigenvalue weighted by atomic mass is 10.0. The van der Waals surface area contributed by atoms with Crippen LogP contribution < -0.4 is 4.74 Å². The maximum absolute atomic E-state index is 10.5. The van der Waals surface area contributed by atoms with E-state index in [0.29, 0.717) is 29.7 Å². The molecule has 2 aromatic heterocycles. The van der Waals surface area contributed by atoms with E-state index in [1.807, 2.05) is 36.4 Å². The third kappa shape index (κ3) is 5.02. The van der Waals surface area contributed by atoms with Crippen LogP contribution in [0.2, 0.25) is 0 Å². The largest absolute Gasteiger partial charge is 0.507 e. The molecular formula is C33H31N3O3. The highest BCUT2D eigenvalue weighted by Gasteiger charge is 2.17. The fraction of sp³-hybridized carbons (Fsp3) is 0.242. The van der Waals surface area contributed by atoms with Crippen molar-refractivity contribution >= 4 is 32.7 Å². The van der Waals surface area contributed by atoms with Crippen molar-refractivity contribution in [2.45, 2.75) is 39.5 Å². The van der Waals surface area contributed by atoms with Gasteiger partial charge in [-0.1, -0.05) is 75.6 Å². The zero-order chi connectivity index (χ0) is 26.8. The van der Waals surface area contributed by atoms with Crippen molar-refractivity contribution in [2.24, 2.45) is 5.92 Å². The van der Waals surface area contributed by atoms with Crippen molar-refractivity contribution < 1.29 is 14.3 Å². The molecule has 0 aliphatic carbocycles. The first-order valence-electron chi connectivity index (χ1n) is 13.7. The van der Waals surface area contributed by atoms with Gasteiger partial charge in [-0.3, -0.25) is 0 Å². The minimum atomic E-state index is 0.106. The fourth-order valence-corrected chi connectivity index (χ4v) is 5.02. The number of hydrogen-bond acceptors (Lipinski definition) is 6. The molecule has 0 aliphatic heterocycles. The first kappa shape index (κ1) is 24.9. The normalized spacial score (nSPS) is 12.4. The van der Waals surface area contributed by atoms with E-state index in [4.69, 9.17) is 14.1 Å². The van der Waals surface area contributed by atoms with Crippen LogP contribution in [0.4, 0.5) is 0 Å². The molecule has 0 fully saturated rings. The van der Waals surface area contributed by atoms with Gasteiger partial charge in [-0.15, -0.1) is 0 Å². The number of hydrogen-bond donors (Lipinski definition) is 1. The molecule has 4 aromatic carbocycles. The van der Waals surface area contributed by atoms with E-state index in [0.717, 1.165) is 52.2 Å². The Hall–Kier alpha value is -4.45. The van der Waals surface area contributed by atoms with Gasteiger partial charge in [0.25, 0.3) is 0 Å². The SMILES string of the molecule is CCCCC(CC)COc1nc(-c2ccc3c(c2)oc2cc4ccccc4cc23)nc(-c2ccccc2O)n1. The molecule has 1 N–H and O–H groups in total. The number of para-hydroxylation sites is 1. The molecule has 6 aromatic rings. The topological polar surface area (TPSA) is 81.3 Å². The molecule has 0 radical (unpaired) electrons. The van der Waals surface area contributed by atoms with Crippen molar-refractivity contribution in [1.29, 1.82) is 0 Å². The van der Waals surface area contributed by atoms with Crippen molar-refractivity contribution in [1.82, 2.24) is 15.0 Å². The molecular weight excluding hydrogens is 486 g/mol. The molecule has 0 aliphatic rings. The van der Waals surface area contributed by atoms with Crippen molar-refractivity contribution in [2.75, 3.05) is 6.61 Å². The van der Waals surface area contributed by atoms with E-state index < -0.39 is 0 Å². The zero-order valence-corrected chi connectivity index (χ0v) is 22.2. The number of rotatable bonds is 9. The van der Waals surface area contributed by atoms with Crippen molar-refractivity contribution in [3.8, 4) is 34.5 Å². The standard InChI is InChI=1S/C33H31N3O3/c1-3-5-10-21(4-2)20-38-33-35-31(34-32(36-33)26-13-8-9-14-28(26)37)24-15-16-25-27-17-22-11-6-7-12-23(22)18-30(27)39-29(25)19-24/h6-9,11-19,21,37H,3-5,10,20H2,1-2H3. The quantitative estimate of drug-likeness (QED) is 0.207. The first-order valence-corrected chi connectivity index (χ1v) is 13.7. The number of aromatic hydroxyl groups is 1. The van der Waals surface area contributed by atoms with Crippen LogP contribution in [0.1, 0.15) is 39.5 Å². The highest BCUT2D eigenvalue weighted by Crippen LogP contribution is 2.35. The summed E-state index contributed by atoms with van der Waals surface area (Å²) in [6.45, 7) is 4.92. The second-order valence-corrected chi connectivity index (χ2v) is 10.0. The molecule has 39 heavy (non-hydrogen) atoms. The average Bonchev–Trinajstić information content (AvgIpc) is 3.32. The average molecular weight is 518 g/mol. The molecule has 0 spiro atoms. The van der Waals surface area contributed by atoms with Crippen LogP contribution in [0.3, 0.4) is 0 Å². The highest BCUT2D eigenvalue weighted by molar-refractivity contribution is 6.10. The van der Waals surface area contributed by atoms with E-state index in [2.05, 4.69) is 48.1 Å². The van der Waals surface area contributed by atoms with Crippen LogP contribution >= 0.6 is 0 Å². The molecule has 0 amide bonds. The summed E-state index contributed by atoms with van der Waals surface area (Å²) in [7, 11) is 0. The van der Waals surface area contributed by atoms with Crippen molar-refractivity contribution in [3.63, 3.8) is 0 Å². The molecule has 1 atom stereocenters. The Bertz CT molecular complexity index is 1780. The minimum absolute atomic E-state index is 0.106. The molecule has 6 rings (SSSR count). The van der Waals surface area contributed by atoms with Gasteiger partial charge in [0.05, 0.1) is 12.2 Å². The smallest absolute Gasteiger partial charge is 0.320 e. The summed E-state index contributed by atoms with van der Waals surface area (Å²) in [5, 5.41) is 14.9. The summed E-state index contributed by atoms with van der Waals surface area (Å²) < 4.78 is 12.4. The Balaban J connectivity index is 1.42. The maximum Gasteiger partial charge on any atom is 0.320 e. The summed E-state index contributed by atoms with van der Waals surface area (Å²) in [6.07, 6.45) is 4.46. The number of fused-ring (bicyclic) bond motifs is 4. The fourth-order valence-electron chi connectivity index (χ4n) is 5.02. The van der Waals surface area contributed by atoms with Gasteiger partial charge in [-0.2, -0.15) is 9.97 Å². The molecule has 0 bridgehead atoms. The van der Waals surface area contributed by atoms with Crippen molar-refractivity contribution in [3.05, 3.63) is 78.9 Å². The predicted octanol–water partition coefficient (Wildman–Crippen LogP) is 8.56. The van der Waals surface area contributed by atoms with Crippen LogP contribution in [0.25, 0.3) is 55.5 Å². The summed E-state index contributed by atoms with van der Waals surface area (Å²) in [6, 6.07) is 25.8. The summed E-state index contributed by atoms with van der Waals surface area (Å²) >= 11 is 0. The van der Waals surface area contributed by atoms with E-state index in [9.17, 15) is 5.11 Å². The molecule has 1 unspecified atom stereocenters. The molecule has 2 heterocycles. The van der Waals surface area contributed by atoms with E-state index in [-0.39, 0.29) is 11.8 Å². The number of ether oxygens (including phenoxy) is 1. The van der Waals surface area contributed by atoms with Gasteiger partial charge < -0.3 is 14.3 Å². The van der Waals surface area contributed by atoms with E-state index in [1.54, 1.807) is 18.2 Å². The Labute approximate surface area is 227 Å². The van der Waals surface area contributed by atoms with Crippen LogP contribution in [0.5, 0.6) is 11.8 Å². The van der Waals surface area contributed by atoms with Gasteiger partial charge >= 0.3 is 6.01 Å². The molecule has 196 valence electrons. The molecule has 6 heteroatoms. The maximum atomic E-state index is 10.5. The van der Waals surface area contributed by atoms with Gasteiger partial charge in [0, 0.05) is 16.3 Å². The van der Waals surface area contributed by atoms with Crippen LogP contribution in [0.15, 0.2) is 83.3 Å². The highest BCUT2D eigenvalue weighted by atomic mass is 16.5. The van der Waals surface area contributed by atoms with Gasteiger partial charge in [0.15, 0.2) is 11.6 Å². The molecule has 0 saturated carbocycles. The summed E-state index contributed by atoms with van der Waals surface area (Å²) in [5.74, 6) is 1.37. The van der Waals surface area contributed by atoms with E-state index in [1.165, 1.54) is 11.8 Å². The third-order valence-corrected chi connectivity index (χ3v) is 7.35. The van der Waals surface area contributed by atoms with Gasteiger partial charge in [0.1, 0.15) is 16.9 Å². The second kappa shape index (κ2) is 10.7. The Morgan fingerprint density at radius 3 is 2.33 bits per heavy atom. The van der Waals surface area contributed by atoms with Crippen LogP contribution in [0, 0.1) is 5.92 Å². The van der Waals surface area contributed by atoms with Gasteiger partial charge in [0.2, 0.25) is 0 Å². The molecule has 0 saturated heterocycles. The predicted molar refractivity (Wildman–Crippen MR) is 156 cm³/mol. The molecule has 6 nitrogen and oxygen atoms in total. The Morgan fingerprint density at radius 1 is 0.795 bits per heavy atom. The Morgan fingerprint density at radius 2 is 1.54 bits per heavy atom. The summed E-state index contributed by atoms with van der Waals surface area (Å²) in [5.41, 5.74) is 2.91. The number of nitrogens with zero attached hydrogens (tertiary/aromatic N) is 3. The monoisotopic (exact) mass is 517 g/mol. The van der Waals surface area contributed by atoms with E-state index >= 15 is 0 Å². The minimum Gasteiger partial charge on any atom is -0.507 e. The second-order valence-electron chi connectivity index (χ2n) is 10.0.